The number of nitrogens with one attached hydrogen (secondary N) is 2. The molecule has 3 aromatic rings. The first-order chi connectivity index (χ1) is 18.2. The lowest BCUT2D eigenvalue weighted by atomic mass is 10.0. The van der Waals surface area contributed by atoms with E-state index in [4.69, 9.17) is 4.74 Å². The number of carbonyl (C=O) groups is 2. The third-order valence-electron chi connectivity index (χ3n) is 6.35. The molecule has 39 heavy (non-hydrogen) atoms. The minimum Gasteiger partial charge on any atom is -0.444 e. The second-order valence-electron chi connectivity index (χ2n) is 10.6. The number of alkyl halides is 3. The summed E-state index contributed by atoms with van der Waals surface area (Å²) in [5.74, 6) is -0.171. The van der Waals surface area contributed by atoms with Crippen LogP contribution in [-0.2, 0) is 28.7 Å². The van der Waals surface area contributed by atoms with Crippen molar-refractivity contribution in [2.75, 3.05) is 18.4 Å². The SMILES string of the molecule is CC[C@H](C)NCCC(=O)Nc1sc2c(c1-c1nc3cc(C(F)(F)F)ccc3s1)CCN(C(=O)OC(C)(C)C)C2. The Hall–Kier alpha value is -2.70. The van der Waals surface area contributed by atoms with E-state index in [1.54, 1.807) is 4.90 Å². The molecule has 3 heterocycles. The van der Waals surface area contributed by atoms with Crippen LogP contribution < -0.4 is 10.6 Å². The number of halogens is 3. The summed E-state index contributed by atoms with van der Waals surface area (Å²) in [7, 11) is 0. The maximum Gasteiger partial charge on any atom is 0.416 e. The first kappa shape index (κ1) is 29.3. The topological polar surface area (TPSA) is 83.6 Å². The molecule has 7 nitrogen and oxygen atoms in total. The predicted molar refractivity (Wildman–Crippen MR) is 149 cm³/mol. The van der Waals surface area contributed by atoms with Gasteiger partial charge in [-0.2, -0.15) is 13.2 Å². The highest BCUT2D eigenvalue weighted by molar-refractivity contribution is 7.23. The molecular formula is C27H33F3N4O3S2. The van der Waals surface area contributed by atoms with Crippen molar-refractivity contribution < 1.29 is 27.5 Å². The maximum absolute atomic E-state index is 13.3. The van der Waals surface area contributed by atoms with Gasteiger partial charge in [-0.3, -0.25) is 4.79 Å². The zero-order valence-corrected chi connectivity index (χ0v) is 24.3. The Morgan fingerprint density at radius 2 is 1.95 bits per heavy atom. The van der Waals surface area contributed by atoms with E-state index in [2.05, 4.69) is 29.5 Å². The Kier molecular flexibility index (Phi) is 8.58. The van der Waals surface area contributed by atoms with Crippen molar-refractivity contribution in [1.82, 2.24) is 15.2 Å². The number of aromatic nitrogens is 1. The minimum atomic E-state index is -4.47. The Bertz CT molecular complexity index is 1360. The maximum atomic E-state index is 13.3. The van der Waals surface area contributed by atoms with Gasteiger partial charge < -0.3 is 20.3 Å². The van der Waals surface area contributed by atoms with Crippen molar-refractivity contribution in [3.05, 3.63) is 34.2 Å². The molecule has 0 unspecified atom stereocenters. The molecule has 1 aromatic carbocycles. The lowest BCUT2D eigenvalue weighted by molar-refractivity contribution is -0.137. The van der Waals surface area contributed by atoms with E-state index in [0.29, 0.717) is 46.8 Å². The molecular weight excluding hydrogens is 549 g/mol. The predicted octanol–water partition coefficient (Wildman–Crippen LogP) is 7.05. The second kappa shape index (κ2) is 11.4. The van der Waals surface area contributed by atoms with Gasteiger partial charge in [0, 0.05) is 36.0 Å². The summed E-state index contributed by atoms with van der Waals surface area (Å²) < 4.78 is 46.0. The highest BCUT2D eigenvalue weighted by atomic mass is 32.1. The highest BCUT2D eigenvalue weighted by Crippen LogP contribution is 2.46. The molecule has 12 heteroatoms. The van der Waals surface area contributed by atoms with Gasteiger partial charge in [0.15, 0.2) is 0 Å². The lowest BCUT2D eigenvalue weighted by Gasteiger charge is -2.30. The molecule has 4 rings (SSSR count). The van der Waals surface area contributed by atoms with Crippen molar-refractivity contribution in [3.8, 4) is 10.6 Å². The third-order valence-corrected chi connectivity index (χ3v) is 8.53. The fraction of sp³-hybridized carbons (Fsp3) is 0.519. The molecule has 0 aliphatic carbocycles. The number of carbonyl (C=O) groups excluding carboxylic acids is 2. The zero-order valence-electron chi connectivity index (χ0n) is 22.6. The summed E-state index contributed by atoms with van der Waals surface area (Å²) in [5, 5.41) is 7.44. The molecule has 0 bridgehead atoms. The van der Waals surface area contributed by atoms with E-state index < -0.39 is 23.4 Å². The van der Waals surface area contributed by atoms with Crippen molar-refractivity contribution in [2.45, 2.75) is 78.2 Å². The molecule has 0 spiro atoms. The van der Waals surface area contributed by atoms with E-state index in [1.165, 1.54) is 28.7 Å². The first-order valence-corrected chi connectivity index (χ1v) is 14.5. The third kappa shape index (κ3) is 7.09. The van der Waals surface area contributed by atoms with Gasteiger partial charge in [-0.05, 0) is 64.3 Å². The summed E-state index contributed by atoms with van der Waals surface area (Å²) in [4.78, 5) is 32.7. The van der Waals surface area contributed by atoms with E-state index in [1.807, 2.05) is 20.8 Å². The van der Waals surface area contributed by atoms with Crippen LogP contribution >= 0.6 is 22.7 Å². The van der Waals surface area contributed by atoms with Gasteiger partial charge in [0.1, 0.15) is 15.6 Å². The Morgan fingerprint density at radius 1 is 1.21 bits per heavy atom. The minimum absolute atomic E-state index is 0.171. The molecule has 2 amide bonds. The fourth-order valence-corrected chi connectivity index (χ4v) is 6.55. The summed E-state index contributed by atoms with van der Waals surface area (Å²) in [6.07, 6.45) is -3.15. The van der Waals surface area contributed by atoms with Crippen LogP contribution in [0.2, 0.25) is 0 Å². The lowest BCUT2D eigenvalue weighted by Crippen LogP contribution is -2.39. The second-order valence-corrected chi connectivity index (χ2v) is 12.8. The number of fused-ring (bicyclic) bond motifs is 2. The van der Waals surface area contributed by atoms with E-state index >= 15 is 0 Å². The average Bonchev–Trinajstić information content (AvgIpc) is 3.41. The van der Waals surface area contributed by atoms with Crippen LogP contribution in [-0.4, -0.2) is 46.6 Å². The molecule has 0 saturated carbocycles. The van der Waals surface area contributed by atoms with Crippen LogP contribution in [0.25, 0.3) is 20.8 Å². The van der Waals surface area contributed by atoms with Gasteiger partial charge in [-0.15, -0.1) is 22.7 Å². The number of ether oxygens (including phenoxy) is 1. The molecule has 0 saturated heterocycles. The quantitative estimate of drug-likeness (QED) is 0.312. The molecule has 1 atom stereocenters. The molecule has 212 valence electrons. The zero-order chi connectivity index (χ0) is 28.5. The summed E-state index contributed by atoms with van der Waals surface area (Å²) in [6.45, 7) is 10.8. The van der Waals surface area contributed by atoms with Crippen molar-refractivity contribution >= 4 is 49.9 Å². The largest absolute Gasteiger partial charge is 0.444 e. The van der Waals surface area contributed by atoms with Gasteiger partial charge in [-0.1, -0.05) is 6.92 Å². The number of nitrogens with zero attached hydrogens (tertiary/aromatic N) is 2. The monoisotopic (exact) mass is 582 g/mol. The van der Waals surface area contributed by atoms with Gasteiger partial charge in [0.25, 0.3) is 0 Å². The Balaban J connectivity index is 1.67. The molecule has 0 radical (unpaired) electrons. The van der Waals surface area contributed by atoms with Gasteiger partial charge >= 0.3 is 12.3 Å². The van der Waals surface area contributed by atoms with Gasteiger partial charge in [0.2, 0.25) is 5.91 Å². The number of thiophene rings is 1. The van der Waals surface area contributed by atoms with Crippen molar-refractivity contribution in [1.29, 1.82) is 0 Å². The van der Waals surface area contributed by atoms with E-state index in [0.717, 1.165) is 34.6 Å². The number of thiazole rings is 1. The normalized spacial score (nSPS) is 14.8. The smallest absolute Gasteiger partial charge is 0.416 e. The number of amides is 2. The summed E-state index contributed by atoms with van der Waals surface area (Å²) in [6, 6.07) is 3.84. The molecule has 0 fully saturated rings. The van der Waals surface area contributed by atoms with E-state index in [9.17, 15) is 22.8 Å². The first-order valence-electron chi connectivity index (χ1n) is 12.9. The van der Waals surface area contributed by atoms with Crippen molar-refractivity contribution in [2.24, 2.45) is 0 Å². The van der Waals surface area contributed by atoms with E-state index in [-0.39, 0.29) is 17.8 Å². The summed E-state index contributed by atoms with van der Waals surface area (Å²) >= 11 is 2.66. The number of hydrogen-bond acceptors (Lipinski definition) is 7. The van der Waals surface area contributed by atoms with Crippen LogP contribution in [0.4, 0.5) is 23.0 Å². The molecule has 2 aromatic heterocycles. The fourth-order valence-electron chi connectivity index (χ4n) is 4.18. The summed E-state index contributed by atoms with van der Waals surface area (Å²) in [5.41, 5.74) is 0.539. The van der Waals surface area contributed by atoms with Gasteiger partial charge in [-0.25, -0.2) is 9.78 Å². The number of anilines is 1. The molecule has 1 aliphatic heterocycles. The van der Waals surface area contributed by atoms with Crippen LogP contribution in [0.3, 0.4) is 0 Å². The number of hydrogen-bond donors (Lipinski definition) is 2. The van der Waals surface area contributed by atoms with Crippen LogP contribution in [0.5, 0.6) is 0 Å². The van der Waals surface area contributed by atoms with Gasteiger partial charge in [0.05, 0.1) is 22.3 Å². The van der Waals surface area contributed by atoms with Crippen LogP contribution in [0, 0.1) is 0 Å². The standard InChI is InChI=1S/C27H33F3N4O3S2/c1-6-15(2)31-11-9-21(35)33-24-22(23-32-18-13-16(27(28,29)30)7-8-19(18)38-23)17-10-12-34(14-20(17)39-24)25(36)37-26(3,4)5/h7-8,13,15,31H,6,9-12,14H2,1-5H3,(H,33,35)/t15-/m0/s1. The average molecular weight is 583 g/mol. The molecule has 1 aliphatic rings. The van der Waals surface area contributed by atoms with Crippen LogP contribution in [0.15, 0.2) is 18.2 Å². The number of benzene rings is 1. The Labute approximate surface area is 233 Å². The number of rotatable bonds is 7. The Morgan fingerprint density at radius 3 is 2.62 bits per heavy atom. The van der Waals surface area contributed by atoms with Crippen LogP contribution in [0.1, 0.15) is 63.5 Å². The highest BCUT2D eigenvalue weighted by Gasteiger charge is 2.33. The van der Waals surface area contributed by atoms with Crippen molar-refractivity contribution in [3.63, 3.8) is 0 Å². The molecule has 2 N–H and O–H groups in total.